The van der Waals surface area contributed by atoms with Crippen LogP contribution >= 0.6 is 0 Å². The fourth-order valence-electron chi connectivity index (χ4n) is 2.34. The van der Waals surface area contributed by atoms with Crippen LogP contribution < -0.4 is 10.6 Å². The number of carboxylic acids is 1. The van der Waals surface area contributed by atoms with Crippen LogP contribution in [0.15, 0.2) is 24.3 Å². The van der Waals surface area contributed by atoms with Crippen LogP contribution in [0.1, 0.15) is 5.56 Å². The molecule has 0 unspecified atom stereocenters. The second-order valence-electron chi connectivity index (χ2n) is 6.14. The number of likely N-dealkylation sites (N-methyl/N-ethyl adjacent to an activating group) is 1. The molecule has 0 heterocycles. The van der Waals surface area contributed by atoms with E-state index < -0.39 is 5.97 Å². The Bertz CT molecular complexity index is 665. The highest BCUT2D eigenvalue weighted by Crippen LogP contribution is 2.08. The van der Waals surface area contributed by atoms with Crippen molar-refractivity contribution in [2.45, 2.75) is 6.92 Å². The van der Waals surface area contributed by atoms with Crippen LogP contribution in [0, 0.1) is 6.92 Å². The van der Waals surface area contributed by atoms with Crippen LogP contribution in [0.3, 0.4) is 0 Å². The van der Waals surface area contributed by atoms with E-state index in [1.165, 1.54) is 16.8 Å². The van der Waals surface area contributed by atoms with E-state index in [2.05, 4.69) is 10.6 Å². The lowest BCUT2D eigenvalue weighted by atomic mass is 10.2. The van der Waals surface area contributed by atoms with Gasteiger partial charge >= 0.3 is 5.97 Å². The molecular weight excluding hydrogens is 368 g/mol. The molecule has 0 fully saturated rings. The van der Waals surface area contributed by atoms with E-state index in [1.54, 1.807) is 12.1 Å². The van der Waals surface area contributed by atoms with Crippen molar-refractivity contribution in [1.29, 1.82) is 0 Å². The van der Waals surface area contributed by atoms with Crippen LogP contribution in [0.2, 0.25) is 0 Å². The Hall–Kier alpha value is -2.98. The second kappa shape index (κ2) is 12.4. The van der Waals surface area contributed by atoms with Gasteiger partial charge in [-0.05, 0) is 19.1 Å². The topological polar surface area (TPSA) is 128 Å². The summed E-state index contributed by atoms with van der Waals surface area (Å²) in [5, 5.41) is 14.2. The molecule has 0 radical (unpaired) electrons. The predicted molar refractivity (Wildman–Crippen MR) is 102 cm³/mol. The lowest BCUT2D eigenvalue weighted by molar-refractivity contribution is -0.139. The first kappa shape index (κ1) is 23.1. The van der Waals surface area contributed by atoms with Crippen molar-refractivity contribution >= 4 is 29.9 Å². The third-order valence-corrected chi connectivity index (χ3v) is 3.77. The number of anilines is 1. The Kier molecular flexibility index (Phi) is 10.2. The van der Waals surface area contributed by atoms with Crippen LogP contribution in [-0.2, 0) is 23.9 Å². The lowest BCUT2D eigenvalue weighted by Crippen LogP contribution is -2.44. The average Bonchev–Trinajstić information content (AvgIpc) is 2.64. The monoisotopic (exact) mass is 394 g/mol. The Morgan fingerprint density at radius 2 is 1.64 bits per heavy atom. The Morgan fingerprint density at radius 3 is 2.21 bits per heavy atom. The number of carbonyl (C=O) groups is 4. The van der Waals surface area contributed by atoms with Gasteiger partial charge in [0.1, 0.15) is 6.73 Å². The molecule has 0 aromatic heterocycles. The summed E-state index contributed by atoms with van der Waals surface area (Å²) in [6.45, 7) is 2.00. The summed E-state index contributed by atoms with van der Waals surface area (Å²) in [4.78, 5) is 48.2. The van der Waals surface area contributed by atoms with Gasteiger partial charge in [0.2, 0.25) is 11.8 Å². The van der Waals surface area contributed by atoms with Crippen molar-refractivity contribution in [2.75, 3.05) is 51.8 Å². The van der Waals surface area contributed by atoms with Crippen LogP contribution in [-0.4, -0.2) is 85.7 Å². The summed E-state index contributed by atoms with van der Waals surface area (Å²) in [5.41, 5.74) is 1.70. The zero-order valence-electron chi connectivity index (χ0n) is 16.0. The lowest BCUT2D eigenvalue weighted by Gasteiger charge is -2.25. The van der Waals surface area contributed by atoms with Gasteiger partial charge in [-0.15, -0.1) is 0 Å². The van der Waals surface area contributed by atoms with Gasteiger partial charge in [0.25, 0.3) is 6.47 Å². The molecule has 0 aliphatic heterocycles. The van der Waals surface area contributed by atoms with Crippen molar-refractivity contribution in [3.8, 4) is 0 Å². The number of aryl methyl sites for hydroxylation is 1. The van der Waals surface area contributed by atoms with Crippen molar-refractivity contribution in [1.82, 2.24) is 15.1 Å². The van der Waals surface area contributed by atoms with Crippen molar-refractivity contribution in [3.63, 3.8) is 0 Å². The molecule has 154 valence electrons. The first-order valence-electron chi connectivity index (χ1n) is 8.63. The number of benzene rings is 1. The molecule has 0 saturated carbocycles. The number of nitrogens with one attached hydrogen (secondary N) is 2. The molecule has 10 heteroatoms. The van der Waals surface area contributed by atoms with E-state index in [1.807, 2.05) is 19.1 Å². The minimum atomic E-state index is -1.07. The van der Waals surface area contributed by atoms with Crippen molar-refractivity contribution < 1.29 is 29.0 Å². The molecular formula is C18H26N4O6. The SMILES string of the molecule is CNC(=O)CN(CCN(COC=O)CC(=O)Nc1ccc(C)cc1)CC(=O)O. The second-order valence-corrected chi connectivity index (χ2v) is 6.14. The van der Waals surface area contributed by atoms with Gasteiger partial charge in [-0.3, -0.25) is 29.0 Å². The average molecular weight is 394 g/mol. The number of hydrogen-bond acceptors (Lipinski definition) is 7. The van der Waals surface area contributed by atoms with Crippen LogP contribution in [0.5, 0.6) is 0 Å². The van der Waals surface area contributed by atoms with Crippen LogP contribution in [0.4, 0.5) is 5.69 Å². The van der Waals surface area contributed by atoms with Crippen molar-refractivity contribution in [3.05, 3.63) is 29.8 Å². The summed E-state index contributed by atoms with van der Waals surface area (Å²) >= 11 is 0. The third kappa shape index (κ3) is 9.64. The van der Waals surface area contributed by atoms with Gasteiger partial charge in [-0.1, -0.05) is 17.7 Å². The normalized spacial score (nSPS) is 10.6. The standard InChI is InChI=1S/C18H26N4O6/c1-14-3-5-15(6-4-14)20-17(25)10-22(12-28-13-23)8-7-21(11-18(26)27)9-16(24)19-2/h3-6,13H,7-12H2,1-2H3,(H,19,24)(H,20,25)(H,26,27). The van der Waals surface area contributed by atoms with E-state index in [4.69, 9.17) is 9.84 Å². The molecule has 0 aliphatic rings. The fraction of sp³-hybridized carbons (Fsp3) is 0.444. The van der Waals surface area contributed by atoms with E-state index >= 15 is 0 Å². The smallest absolute Gasteiger partial charge is 0.317 e. The summed E-state index contributed by atoms with van der Waals surface area (Å²) in [6, 6.07) is 7.28. The number of carboxylic acid groups (broad SMARTS) is 1. The zero-order valence-corrected chi connectivity index (χ0v) is 16.0. The summed E-state index contributed by atoms with van der Waals surface area (Å²) in [7, 11) is 1.46. The maximum absolute atomic E-state index is 12.2. The van der Waals surface area contributed by atoms with Gasteiger partial charge in [0, 0.05) is 25.8 Å². The highest BCUT2D eigenvalue weighted by molar-refractivity contribution is 5.92. The third-order valence-electron chi connectivity index (χ3n) is 3.77. The maximum atomic E-state index is 12.2. The highest BCUT2D eigenvalue weighted by atomic mass is 16.5. The quantitative estimate of drug-likeness (QED) is 0.302. The van der Waals surface area contributed by atoms with Gasteiger partial charge in [-0.2, -0.15) is 0 Å². The largest absolute Gasteiger partial charge is 0.480 e. The van der Waals surface area contributed by atoms with E-state index in [9.17, 15) is 19.2 Å². The number of amides is 2. The molecule has 3 N–H and O–H groups in total. The van der Waals surface area contributed by atoms with Crippen molar-refractivity contribution in [2.24, 2.45) is 0 Å². The summed E-state index contributed by atoms with van der Waals surface area (Å²) in [6.07, 6.45) is 0. The fourth-order valence-corrected chi connectivity index (χ4v) is 2.34. The molecule has 1 rings (SSSR count). The number of ether oxygens (including phenoxy) is 1. The molecule has 0 aliphatic carbocycles. The van der Waals surface area contributed by atoms with E-state index in [0.29, 0.717) is 5.69 Å². The highest BCUT2D eigenvalue weighted by Gasteiger charge is 2.17. The first-order chi connectivity index (χ1) is 13.3. The van der Waals surface area contributed by atoms with Gasteiger partial charge in [0.15, 0.2) is 0 Å². The molecule has 1 aromatic rings. The molecule has 0 spiro atoms. The van der Waals surface area contributed by atoms with Gasteiger partial charge < -0.3 is 20.5 Å². The Labute approximate surface area is 163 Å². The number of carbonyl (C=O) groups excluding carboxylic acids is 3. The number of aliphatic carboxylic acids is 1. The number of hydrogen-bond donors (Lipinski definition) is 3. The first-order valence-corrected chi connectivity index (χ1v) is 8.63. The van der Waals surface area contributed by atoms with Gasteiger partial charge in [0.05, 0.1) is 19.6 Å². The molecule has 0 atom stereocenters. The minimum absolute atomic E-state index is 0.0669. The summed E-state index contributed by atoms with van der Waals surface area (Å²) in [5.74, 6) is -1.71. The molecule has 2 amide bonds. The predicted octanol–water partition coefficient (Wildman–Crippen LogP) is -0.501. The molecule has 0 bridgehead atoms. The number of rotatable bonds is 13. The van der Waals surface area contributed by atoms with E-state index in [-0.39, 0.29) is 57.7 Å². The Morgan fingerprint density at radius 1 is 1.04 bits per heavy atom. The van der Waals surface area contributed by atoms with Gasteiger partial charge in [-0.25, -0.2) is 0 Å². The maximum Gasteiger partial charge on any atom is 0.317 e. The summed E-state index contributed by atoms with van der Waals surface area (Å²) < 4.78 is 4.73. The molecule has 0 saturated heterocycles. The molecule has 10 nitrogen and oxygen atoms in total. The molecule has 1 aromatic carbocycles. The number of nitrogens with zero attached hydrogens (tertiary/aromatic N) is 2. The van der Waals surface area contributed by atoms with Crippen LogP contribution in [0.25, 0.3) is 0 Å². The van der Waals surface area contributed by atoms with E-state index in [0.717, 1.165) is 5.56 Å². The minimum Gasteiger partial charge on any atom is -0.480 e. The molecule has 28 heavy (non-hydrogen) atoms. The Balaban J connectivity index is 2.64. The zero-order chi connectivity index (χ0) is 20.9.